The van der Waals surface area contributed by atoms with Gasteiger partial charge in [-0.05, 0) is 38.0 Å². The zero-order chi connectivity index (χ0) is 17.3. The van der Waals surface area contributed by atoms with E-state index in [-0.39, 0.29) is 24.9 Å². The number of carboxylic acid groups (broad SMARTS) is 1. The Hall–Kier alpha value is -2.57. The number of hydrogen-bond donors (Lipinski definition) is 2. The van der Waals surface area contributed by atoms with Crippen molar-refractivity contribution >= 4 is 23.0 Å². The second-order valence-corrected chi connectivity index (χ2v) is 6.07. The summed E-state index contributed by atoms with van der Waals surface area (Å²) < 4.78 is 19.0. The summed E-state index contributed by atoms with van der Waals surface area (Å²) in [5.74, 6) is -1.16. The molecule has 0 aliphatic carbocycles. The van der Waals surface area contributed by atoms with Crippen LogP contribution in [0, 0.1) is 18.7 Å². The van der Waals surface area contributed by atoms with Gasteiger partial charge in [0.1, 0.15) is 17.2 Å². The molecule has 24 heavy (non-hydrogen) atoms. The maximum atomic E-state index is 13.3. The predicted octanol–water partition coefficient (Wildman–Crippen LogP) is 2.89. The smallest absolute Gasteiger partial charge is 0.317 e. The maximum Gasteiger partial charge on any atom is 0.317 e. The molecule has 1 unspecified atom stereocenters. The van der Waals surface area contributed by atoms with Crippen molar-refractivity contribution in [3.05, 3.63) is 35.3 Å². The Morgan fingerprint density at radius 1 is 1.46 bits per heavy atom. The lowest BCUT2D eigenvalue weighted by molar-refractivity contribution is -0.143. The van der Waals surface area contributed by atoms with Crippen molar-refractivity contribution < 1.29 is 23.5 Å². The van der Waals surface area contributed by atoms with E-state index in [0.29, 0.717) is 36.1 Å². The average molecular weight is 334 g/mol. The SMILES string of the molecule is Cc1c(CNC(=O)N2CCCC(C(=O)O)C2)oc2ccc(F)cc12. The third kappa shape index (κ3) is 3.20. The third-order valence-corrected chi connectivity index (χ3v) is 4.46. The molecule has 0 bridgehead atoms. The summed E-state index contributed by atoms with van der Waals surface area (Å²) >= 11 is 0. The van der Waals surface area contributed by atoms with E-state index >= 15 is 0 Å². The van der Waals surface area contributed by atoms with Gasteiger partial charge in [-0.1, -0.05) is 0 Å². The van der Waals surface area contributed by atoms with E-state index < -0.39 is 11.9 Å². The van der Waals surface area contributed by atoms with E-state index in [2.05, 4.69) is 5.32 Å². The first kappa shape index (κ1) is 16.3. The summed E-state index contributed by atoms with van der Waals surface area (Å²) in [4.78, 5) is 24.8. The molecule has 2 aromatic rings. The molecule has 1 atom stereocenters. The van der Waals surface area contributed by atoms with Crippen molar-refractivity contribution in [1.82, 2.24) is 10.2 Å². The number of halogens is 1. The van der Waals surface area contributed by atoms with E-state index in [0.717, 1.165) is 5.56 Å². The third-order valence-electron chi connectivity index (χ3n) is 4.46. The molecule has 1 saturated heterocycles. The number of rotatable bonds is 3. The van der Waals surface area contributed by atoms with Gasteiger partial charge in [0.05, 0.1) is 12.5 Å². The van der Waals surface area contributed by atoms with Gasteiger partial charge in [0.15, 0.2) is 0 Å². The summed E-state index contributed by atoms with van der Waals surface area (Å²) in [6, 6.07) is 3.98. The lowest BCUT2D eigenvalue weighted by Gasteiger charge is -2.30. The van der Waals surface area contributed by atoms with Crippen molar-refractivity contribution in [3.63, 3.8) is 0 Å². The van der Waals surface area contributed by atoms with E-state index in [1.54, 1.807) is 6.07 Å². The molecule has 0 saturated carbocycles. The van der Waals surface area contributed by atoms with Crippen molar-refractivity contribution in [2.45, 2.75) is 26.3 Å². The number of furan rings is 1. The zero-order valence-electron chi connectivity index (χ0n) is 13.3. The highest BCUT2D eigenvalue weighted by Crippen LogP contribution is 2.26. The number of amides is 2. The first-order chi connectivity index (χ1) is 11.5. The second kappa shape index (κ2) is 6.51. The van der Waals surface area contributed by atoms with Gasteiger partial charge < -0.3 is 19.7 Å². The molecule has 1 aromatic heterocycles. The Balaban J connectivity index is 1.66. The fraction of sp³-hybridized carbons (Fsp3) is 0.412. The molecule has 3 rings (SSSR count). The van der Waals surface area contributed by atoms with Crippen LogP contribution in [0.2, 0.25) is 0 Å². The van der Waals surface area contributed by atoms with Crippen LogP contribution < -0.4 is 5.32 Å². The highest BCUT2D eigenvalue weighted by Gasteiger charge is 2.28. The molecule has 1 aromatic carbocycles. The van der Waals surface area contributed by atoms with Crippen molar-refractivity contribution in [1.29, 1.82) is 0 Å². The number of carboxylic acids is 1. The van der Waals surface area contributed by atoms with Gasteiger partial charge in [0.25, 0.3) is 0 Å². The fourth-order valence-corrected chi connectivity index (χ4v) is 3.04. The number of urea groups is 1. The molecule has 6 nitrogen and oxygen atoms in total. The van der Waals surface area contributed by atoms with Gasteiger partial charge in [-0.2, -0.15) is 0 Å². The highest BCUT2D eigenvalue weighted by atomic mass is 19.1. The van der Waals surface area contributed by atoms with Crippen LogP contribution in [-0.4, -0.2) is 35.1 Å². The second-order valence-electron chi connectivity index (χ2n) is 6.07. The molecule has 2 heterocycles. The monoisotopic (exact) mass is 334 g/mol. The van der Waals surface area contributed by atoms with E-state index in [1.807, 2.05) is 6.92 Å². The van der Waals surface area contributed by atoms with Gasteiger partial charge in [0.2, 0.25) is 0 Å². The maximum absolute atomic E-state index is 13.3. The average Bonchev–Trinajstić information content (AvgIpc) is 2.88. The topological polar surface area (TPSA) is 82.8 Å². The van der Waals surface area contributed by atoms with E-state index in [4.69, 9.17) is 9.52 Å². The van der Waals surface area contributed by atoms with Crippen molar-refractivity contribution in [3.8, 4) is 0 Å². The van der Waals surface area contributed by atoms with E-state index in [9.17, 15) is 14.0 Å². The Bertz CT molecular complexity index is 786. The molecular weight excluding hydrogens is 315 g/mol. The minimum atomic E-state index is -0.873. The molecular formula is C17H19FN2O4. The number of carbonyl (C=O) groups is 2. The van der Waals surface area contributed by atoms with Gasteiger partial charge in [-0.25, -0.2) is 9.18 Å². The van der Waals surface area contributed by atoms with Crippen LogP contribution >= 0.6 is 0 Å². The van der Waals surface area contributed by atoms with Crippen LogP contribution in [-0.2, 0) is 11.3 Å². The molecule has 1 aliphatic rings. The summed E-state index contributed by atoms with van der Waals surface area (Å²) in [6.45, 7) is 2.74. The first-order valence-corrected chi connectivity index (χ1v) is 7.89. The predicted molar refractivity (Wildman–Crippen MR) is 85.1 cm³/mol. The van der Waals surface area contributed by atoms with Crippen molar-refractivity contribution in [2.75, 3.05) is 13.1 Å². The molecule has 0 radical (unpaired) electrons. The lowest BCUT2D eigenvalue weighted by Crippen LogP contribution is -2.46. The van der Waals surface area contributed by atoms with Crippen LogP contribution in [0.1, 0.15) is 24.2 Å². The minimum absolute atomic E-state index is 0.176. The number of carbonyl (C=O) groups excluding carboxylic acids is 1. The summed E-state index contributed by atoms with van der Waals surface area (Å²) in [6.07, 6.45) is 1.26. The fourth-order valence-electron chi connectivity index (χ4n) is 3.04. The number of benzene rings is 1. The Morgan fingerprint density at radius 3 is 3.00 bits per heavy atom. The zero-order valence-corrected chi connectivity index (χ0v) is 13.3. The quantitative estimate of drug-likeness (QED) is 0.904. The van der Waals surface area contributed by atoms with Gasteiger partial charge in [-0.3, -0.25) is 4.79 Å². The van der Waals surface area contributed by atoms with Gasteiger partial charge >= 0.3 is 12.0 Å². The van der Waals surface area contributed by atoms with Crippen LogP contribution in [0.5, 0.6) is 0 Å². The highest BCUT2D eigenvalue weighted by molar-refractivity contribution is 5.82. The van der Waals surface area contributed by atoms with Gasteiger partial charge in [0, 0.05) is 24.0 Å². The Morgan fingerprint density at radius 2 is 2.25 bits per heavy atom. The molecule has 2 N–H and O–H groups in total. The van der Waals surface area contributed by atoms with Crippen LogP contribution in [0.15, 0.2) is 22.6 Å². The van der Waals surface area contributed by atoms with Crippen LogP contribution in [0.4, 0.5) is 9.18 Å². The normalized spacial score (nSPS) is 17.9. The number of aliphatic carboxylic acids is 1. The van der Waals surface area contributed by atoms with E-state index in [1.165, 1.54) is 17.0 Å². The molecule has 128 valence electrons. The summed E-state index contributed by atoms with van der Waals surface area (Å²) in [5.41, 5.74) is 1.36. The molecule has 1 aliphatic heterocycles. The summed E-state index contributed by atoms with van der Waals surface area (Å²) in [5, 5.41) is 12.5. The number of fused-ring (bicyclic) bond motifs is 1. The Labute approximate surface area is 138 Å². The summed E-state index contributed by atoms with van der Waals surface area (Å²) in [7, 11) is 0. The number of nitrogens with one attached hydrogen (secondary N) is 1. The minimum Gasteiger partial charge on any atom is -0.481 e. The van der Waals surface area contributed by atoms with Crippen molar-refractivity contribution in [2.24, 2.45) is 5.92 Å². The molecule has 1 fully saturated rings. The lowest BCUT2D eigenvalue weighted by atomic mass is 9.99. The van der Waals surface area contributed by atoms with Crippen LogP contribution in [0.3, 0.4) is 0 Å². The number of nitrogens with zero attached hydrogens (tertiary/aromatic N) is 1. The number of aryl methyl sites for hydroxylation is 1. The molecule has 0 spiro atoms. The molecule has 7 heteroatoms. The van der Waals surface area contributed by atoms with Crippen LogP contribution in [0.25, 0.3) is 11.0 Å². The molecule has 2 amide bonds. The number of likely N-dealkylation sites (tertiary alicyclic amines) is 1. The number of hydrogen-bond acceptors (Lipinski definition) is 3. The first-order valence-electron chi connectivity index (χ1n) is 7.89. The van der Waals surface area contributed by atoms with Gasteiger partial charge in [-0.15, -0.1) is 0 Å². The largest absolute Gasteiger partial charge is 0.481 e. The standard InChI is InChI=1S/C17H19FN2O4/c1-10-13-7-12(18)4-5-14(13)24-15(10)8-19-17(23)20-6-2-3-11(9-20)16(21)22/h4-5,7,11H,2-3,6,8-9H2,1H3,(H,19,23)(H,21,22). The number of piperidine rings is 1. The Kier molecular flexibility index (Phi) is 4.42.